The zero-order valence-electron chi connectivity index (χ0n) is 9.89. The van der Waals surface area contributed by atoms with Gasteiger partial charge in [0.25, 0.3) is 0 Å². The Labute approximate surface area is 108 Å². The Balaban J connectivity index is 2.04. The van der Waals surface area contributed by atoms with E-state index in [1.165, 1.54) is 6.07 Å². The highest BCUT2D eigenvalue weighted by atomic mass is 32.2. The fourth-order valence-electron chi connectivity index (χ4n) is 1.94. The fourth-order valence-corrected chi connectivity index (χ4v) is 3.44. The molecule has 5 heteroatoms. The van der Waals surface area contributed by atoms with Gasteiger partial charge >= 0.3 is 0 Å². The first-order valence-corrected chi connectivity index (χ1v) is 7.22. The summed E-state index contributed by atoms with van der Waals surface area (Å²) in [6.07, 6.45) is 1.54. The van der Waals surface area contributed by atoms with Gasteiger partial charge in [0.1, 0.15) is 5.82 Å². The number of benzene rings is 1. The molecule has 1 atom stereocenters. The van der Waals surface area contributed by atoms with Crippen LogP contribution in [-0.2, 0) is 21.3 Å². The Morgan fingerprint density at radius 3 is 2.78 bits per heavy atom. The third-order valence-electron chi connectivity index (χ3n) is 3.02. The van der Waals surface area contributed by atoms with Gasteiger partial charge in [-0.1, -0.05) is 6.07 Å². The van der Waals surface area contributed by atoms with Crippen molar-refractivity contribution in [3.8, 4) is 6.07 Å². The molecule has 0 N–H and O–H groups in total. The second-order valence-corrected chi connectivity index (χ2v) is 5.97. The van der Waals surface area contributed by atoms with Crippen LogP contribution in [0, 0.1) is 17.1 Å². The molecule has 0 radical (unpaired) electrons. The van der Waals surface area contributed by atoms with Gasteiger partial charge in [-0.15, -0.1) is 0 Å². The Bertz CT molecular complexity index is 492. The Kier molecular flexibility index (Phi) is 4.45. The number of hydrogen-bond acceptors (Lipinski definition) is 3. The largest absolute Gasteiger partial charge is 0.381 e. The third kappa shape index (κ3) is 3.15. The van der Waals surface area contributed by atoms with E-state index in [0.717, 1.165) is 12.8 Å². The van der Waals surface area contributed by atoms with Gasteiger partial charge < -0.3 is 4.74 Å². The van der Waals surface area contributed by atoms with E-state index in [-0.39, 0.29) is 16.6 Å². The number of halogens is 1. The molecule has 18 heavy (non-hydrogen) atoms. The molecule has 1 aliphatic heterocycles. The van der Waals surface area contributed by atoms with E-state index in [0.29, 0.717) is 18.8 Å². The van der Waals surface area contributed by atoms with E-state index in [1.807, 2.05) is 6.07 Å². The maximum Gasteiger partial charge on any atom is 0.128 e. The van der Waals surface area contributed by atoms with Crippen molar-refractivity contribution < 1.29 is 13.3 Å². The van der Waals surface area contributed by atoms with Crippen LogP contribution in [0.3, 0.4) is 0 Å². The molecule has 1 aliphatic rings. The highest BCUT2D eigenvalue weighted by Gasteiger charge is 2.21. The maximum atomic E-state index is 13.7. The molecule has 1 heterocycles. The highest BCUT2D eigenvalue weighted by Crippen LogP contribution is 2.19. The second kappa shape index (κ2) is 6.07. The predicted octanol–water partition coefficient (Wildman–Crippen LogP) is 2.13. The molecule has 3 nitrogen and oxygen atoms in total. The lowest BCUT2D eigenvalue weighted by atomic mass is 10.1. The molecule has 0 aromatic heterocycles. The SMILES string of the molecule is N#Cc1ccc(CS(=O)C2CCOCC2)c(F)c1. The quantitative estimate of drug-likeness (QED) is 0.843. The lowest BCUT2D eigenvalue weighted by molar-refractivity contribution is 0.0992. The van der Waals surface area contributed by atoms with E-state index in [9.17, 15) is 8.60 Å². The highest BCUT2D eigenvalue weighted by molar-refractivity contribution is 7.84. The zero-order chi connectivity index (χ0) is 13.0. The van der Waals surface area contributed by atoms with Crippen molar-refractivity contribution in [2.75, 3.05) is 13.2 Å². The van der Waals surface area contributed by atoms with Crippen LogP contribution < -0.4 is 0 Å². The number of nitriles is 1. The van der Waals surface area contributed by atoms with Crippen LogP contribution in [0.25, 0.3) is 0 Å². The molecule has 0 saturated carbocycles. The lowest BCUT2D eigenvalue weighted by Crippen LogP contribution is -2.25. The number of nitrogens with zero attached hydrogens (tertiary/aromatic N) is 1. The molecule has 1 unspecified atom stereocenters. The summed E-state index contributed by atoms with van der Waals surface area (Å²) >= 11 is 0. The van der Waals surface area contributed by atoms with Gasteiger partial charge in [0.05, 0.1) is 17.4 Å². The Morgan fingerprint density at radius 1 is 1.44 bits per heavy atom. The van der Waals surface area contributed by atoms with E-state index < -0.39 is 16.6 Å². The molecular weight excluding hydrogens is 253 g/mol. The summed E-state index contributed by atoms with van der Waals surface area (Å²) in [7, 11) is -1.08. The first kappa shape index (κ1) is 13.2. The molecule has 96 valence electrons. The molecular formula is C13H14FNO2S. The predicted molar refractivity (Wildman–Crippen MR) is 66.8 cm³/mol. The zero-order valence-corrected chi connectivity index (χ0v) is 10.7. The first-order valence-electron chi connectivity index (χ1n) is 5.84. The summed E-state index contributed by atoms with van der Waals surface area (Å²) < 4.78 is 31.0. The molecule has 1 fully saturated rings. The van der Waals surface area contributed by atoms with Crippen LogP contribution >= 0.6 is 0 Å². The minimum atomic E-state index is -1.08. The summed E-state index contributed by atoms with van der Waals surface area (Å²) in [5.74, 6) is -0.239. The van der Waals surface area contributed by atoms with Crippen LogP contribution in [-0.4, -0.2) is 22.7 Å². The van der Waals surface area contributed by atoms with Crippen molar-refractivity contribution in [2.45, 2.75) is 23.8 Å². The summed E-state index contributed by atoms with van der Waals surface area (Å²) in [6, 6.07) is 6.17. The van der Waals surface area contributed by atoms with Crippen LogP contribution in [0.1, 0.15) is 24.0 Å². The van der Waals surface area contributed by atoms with Crippen molar-refractivity contribution >= 4 is 10.8 Å². The topological polar surface area (TPSA) is 50.1 Å². The summed E-state index contributed by atoms with van der Waals surface area (Å²) in [6.45, 7) is 1.26. The van der Waals surface area contributed by atoms with Crippen molar-refractivity contribution in [1.82, 2.24) is 0 Å². The molecule has 0 aliphatic carbocycles. The van der Waals surface area contributed by atoms with Gasteiger partial charge in [0.15, 0.2) is 0 Å². The van der Waals surface area contributed by atoms with E-state index in [2.05, 4.69) is 0 Å². The molecule has 1 aromatic carbocycles. The van der Waals surface area contributed by atoms with Gasteiger partial charge in [-0.25, -0.2) is 4.39 Å². The monoisotopic (exact) mass is 267 g/mol. The molecule has 1 aromatic rings. The standard InChI is InChI=1S/C13H14FNO2S/c14-13-7-10(8-15)1-2-11(13)9-18(16)12-3-5-17-6-4-12/h1-2,7,12H,3-6,9H2. The van der Waals surface area contributed by atoms with Crippen molar-refractivity contribution in [2.24, 2.45) is 0 Å². The summed E-state index contributed by atoms with van der Waals surface area (Å²) in [4.78, 5) is 0. The normalized spacial score (nSPS) is 18.2. The smallest absolute Gasteiger partial charge is 0.128 e. The van der Waals surface area contributed by atoms with Crippen LogP contribution in [0.2, 0.25) is 0 Å². The first-order chi connectivity index (χ1) is 8.70. The minimum Gasteiger partial charge on any atom is -0.381 e. The number of ether oxygens (including phenoxy) is 1. The molecule has 0 spiro atoms. The van der Waals surface area contributed by atoms with Crippen LogP contribution in [0.5, 0.6) is 0 Å². The maximum absolute atomic E-state index is 13.7. The summed E-state index contributed by atoms with van der Waals surface area (Å²) in [5.41, 5.74) is 0.701. The van der Waals surface area contributed by atoms with Crippen molar-refractivity contribution in [3.05, 3.63) is 35.1 Å². The van der Waals surface area contributed by atoms with E-state index >= 15 is 0 Å². The summed E-state index contributed by atoms with van der Waals surface area (Å²) in [5, 5.41) is 8.74. The van der Waals surface area contributed by atoms with E-state index in [4.69, 9.17) is 10.00 Å². The molecule has 2 rings (SSSR count). The fraction of sp³-hybridized carbons (Fsp3) is 0.462. The van der Waals surface area contributed by atoms with Gasteiger partial charge in [0.2, 0.25) is 0 Å². The third-order valence-corrected chi connectivity index (χ3v) is 4.83. The average Bonchev–Trinajstić information content (AvgIpc) is 2.42. The second-order valence-electron chi connectivity index (χ2n) is 4.25. The number of rotatable bonds is 3. The minimum absolute atomic E-state index is 0.0915. The van der Waals surface area contributed by atoms with Crippen LogP contribution in [0.4, 0.5) is 4.39 Å². The van der Waals surface area contributed by atoms with Gasteiger partial charge in [-0.2, -0.15) is 5.26 Å². The molecule has 0 amide bonds. The molecule has 0 bridgehead atoms. The Hall–Kier alpha value is -1.25. The number of hydrogen-bond donors (Lipinski definition) is 0. The average molecular weight is 267 g/mol. The van der Waals surface area contributed by atoms with Crippen molar-refractivity contribution in [1.29, 1.82) is 5.26 Å². The Morgan fingerprint density at radius 2 is 2.17 bits per heavy atom. The lowest BCUT2D eigenvalue weighted by Gasteiger charge is -2.21. The van der Waals surface area contributed by atoms with E-state index in [1.54, 1.807) is 12.1 Å². The molecule has 1 saturated heterocycles. The van der Waals surface area contributed by atoms with Gasteiger partial charge in [-0.3, -0.25) is 4.21 Å². The van der Waals surface area contributed by atoms with Gasteiger partial charge in [-0.05, 0) is 25.0 Å². The van der Waals surface area contributed by atoms with Crippen molar-refractivity contribution in [3.63, 3.8) is 0 Å². The van der Waals surface area contributed by atoms with Gasteiger partial charge in [0, 0.05) is 34.8 Å². The van der Waals surface area contributed by atoms with Crippen LogP contribution in [0.15, 0.2) is 18.2 Å².